The van der Waals surface area contributed by atoms with Gasteiger partial charge >= 0.3 is 0 Å². The van der Waals surface area contributed by atoms with Gasteiger partial charge in [-0.3, -0.25) is 4.57 Å². The highest BCUT2D eigenvalue weighted by molar-refractivity contribution is 7.87. The Morgan fingerprint density at radius 1 is 1.30 bits per heavy atom. The van der Waals surface area contributed by atoms with Gasteiger partial charge in [-0.05, 0) is 39.4 Å². The average Bonchev–Trinajstić information content (AvgIpc) is 1.60. The van der Waals surface area contributed by atoms with Crippen molar-refractivity contribution in [2.45, 2.75) is 0 Å². The molecule has 3 nitrogen and oxygen atoms in total. The SMILES string of the molecule is CN(C)CP(=O)(Cl)N(C)C. The van der Waals surface area contributed by atoms with Crippen molar-refractivity contribution in [3.05, 3.63) is 0 Å². The number of rotatable bonds is 3. The normalized spacial score (nSPS) is 17.9. The van der Waals surface area contributed by atoms with Crippen LogP contribution in [0.2, 0.25) is 0 Å². The minimum absolute atomic E-state index is 0.418. The minimum Gasteiger partial charge on any atom is -0.300 e. The number of nitrogens with zero attached hydrogens (tertiary/aromatic N) is 2. The standard InChI is InChI=1S/C5H14ClN2OP/c1-7(2)5-10(6,9)8(3)4/h5H2,1-4H3. The molecule has 0 N–H and O–H groups in total. The Hall–Kier alpha value is 0.440. The van der Waals surface area contributed by atoms with Gasteiger partial charge in [0.15, 0.2) is 0 Å². The monoisotopic (exact) mass is 184 g/mol. The first-order valence-corrected chi connectivity index (χ1v) is 5.72. The lowest BCUT2D eigenvalue weighted by Crippen LogP contribution is -2.18. The zero-order valence-electron chi connectivity index (χ0n) is 6.83. The second-order valence-corrected chi connectivity index (χ2v) is 6.58. The fraction of sp³-hybridized carbons (Fsp3) is 1.00. The van der Waals surface area contributed by atoms with E-state index in [1.165, 1.54) is 0 Å². The van der Waals surface area contributed by atoms with E-state index >= 15 is 0 Å². The lowest BCUT2D eigenvalue weighted by atomic mass is 11.0. The molecule has 0 saturated heterocycles. The van der Waals surface area contributed by atoms with Crippen LogP contribution < -0.4 is 0 Å². The van der Waals surface area contributed by atoms with E-state index in [9.17, 15) is 4.57 Å². The van der Waals surface area contributed by atoms with Crippen molar-refractivity contribution >= 4 is 17.9 Å². The third-order valence-corrected chi connectivity index (χ3v) is 4.39. The van der Waals surface area contributed by atoms with Crippen LogP contribution in [-0.4, -0.2) is 44.0 Å². The predicted molar refractivity (Wildman–Crippen MR) is 45.7 cm³/mol. The molecule has 0 aliphatic carbocycles. The summed E-state index contributed by atoms with van der Waals surface area (Å²) in [4.78, 5) is 1.81. The maximum Gasteiger partial charge on any atom is 0.247 e. The summed E-state index contributed by atoms with van der Waals surface area (Å²) in [5.41, 5.74) is 0. The molecule has 5 heteroatoms. The van der Waals surface area contributed by atoms with Crippen molar-refractivity contribution in [2.75, 3.05) is 34.5 Å². The fourth-order valence-electron chi connectivity index (χ4n) is 0.475. The van der Waals surface area contributed by atoms with Gasteiger partial charge in [-0.1, -0.05) is 0 Å². The number of halogens is 1. The van der Waals surface area contributed by atoms with Gasteiger partial charge in [-0.25, -0.2) is 4.67 Å². The molecule has 62 valence electrons. The van der Waals surface area contributed by atoms with Crippen molar-refractivity contribution in [1.82, 2.24) is 9.57 Å². The maximum atomic E-state index is 11.4. The summed E-state index contributed by atoms with van der Waals surface area (Å²) < 4.78 is 12.9. The minimum atomic E-state index is -2.59. The van der Waals surface area contributed by atoms with E-state index in [2.05, 4.69) is 0 Å². The van der Waals surface area contributed by atoms with E-state index in [-0.39, 0.29) is 0 Å². The van der Waals surface area contributed by atoms with Crippen LogP contribution in [-0.2, 0) is 4.57 Å². The molecule has 0 aromatic heterocycles. The van der Waals surface area contributed by atoms with E-state index in [4.69, 9.17) is 11.2 Å². The molecule has 0 fully saturated rings. The molecule has 0 radical (unpaired) electrons. The summed E-state index contributed by atoms with van der Waals surface area (Å²) in [5, 5.41) is 0. The first-order chi connectivity index (χ1) is 4.36. The lowest BCUT2D eigenvalue weighted by molar-refractivity contribution is 0.444. The number of hydrogen-bond acceptors (Lipinski definition) is 2. The quantitative estimate of drug-likeness (QED) is 0.621. The topological polar surface area (TPSA) is 23.6 Å². The molecule has 1 unspecified atom stereocenters. The van der Waals surface area contributed by atoms with Crippen LogP contribution in [0.4, 0.5) is 0 Å². The first kappa shape index (κ1) is 10.4. The zero-order chi connectivity index (χ0) is 8.36. The van der Waals surface area contributed by atoms with Gasteiger partial charge in [0.2, 0.25) is 6.65 Å². The van der Waals surface area contributed by atoms with Crippen LogP contribution in [0.25, 0.3) is 0 Å². The van der Waals surface area contributed by atoms with Crippen LogP contribution in [0.5, 0.6) is 0 Å². The summed E-state index contributed by atoms with van der Waals surface area (Å²) in [6, 6.07) is 0. The Morgan fingerprint density at radius 3 is 1.80 bits per heavy atom. The fourth-order valence-corrected chi connectivity index (χ4v) is 2.07. The Balaban J connectivity index is 4.01. The molecule has 0 aromatic rings. The summed E-state index contributed by atoms with van der Waals surface area (Å²) in [7, 11) is 7.13. The van der Waals surface area contributed by atoms with Crippen LogP contribution in [0.3, 0.4) is 0 Å². The third-order valence-electron chi connectivity index (χ3n) is 1.05. The van der Waals surface area contributed by atoms with Crippen molar-refractivity contribution in [3.63, 3.8) is 0 Å². The highest BCUT2D eigenvalue weighted by atomic mass is 35.7. The molecule has 0 aliphatic rings. The highest BCUT2D eigenvalue weighted by Gasteiger charge is 2.21. The zero-order valence-corrected chi connectivity index (χ0v) is 8.49. The molecular formula is C5H14ClN2OP. The Kier molecular flexibility index (Phi) is 3.89. The molecule has 0 bridgehead atoms. The molecule has 0 aromatic carbocycles. The van der Waals surface area contributed by atoms with Gasteiger partial charge in [0.25, 0.3) is 0 Å². The molecule has 0 rings (SSSR count). The highest BCUT2D eigenvalue weighted by Crippen LogP contribution is 2.52. The summed E-state index contributed by atoms with van der Waals surface area (Å²) in [6.07, 6.45) is 0.418. The molecule has 0 saturated carbocycles. The Labute approximate surface area is 67.2 Å². The summed E-state index contributed by atoms with van der Waals surface area (Å²) in [5.74, 6) is 0. The molecule has 1 atom stereocenters. The van der Waals surface area contributed by atoms with E-state index in [0.29, 0.717) is 6.29 Å². The first-order valence-electron chi connectivity index (χ1n) is 2.97. The second kappa shape index (κ2) is 3.72. The van der Waals surface area contributed by atoms with Crippen LogP contribution in [0.15, 0.2) is 0 Å². The number of hydrogen-bond donors (Lipinski definition) is 0. The van der Waals surface area contributed by atoms with Gasteiger partial charge in [0.05, 0.1) is 6.29 Å². The largest absolute Gasteiger partial charge is 0.300 e. The van der Waals surface area contributed by atoms with E-state index < -0.39 is 6.65 Å². The lowest BCUT2D eigenvalue weighted by Gasteiger charge is -2.21. The van der Waals surface area contributed by atoms with Gasteiger partial charge in [0, 0.05) is 0 Å². The van der Waals surface area contributed by atoms with E-state index in [1.807, 2.05) is 19.0 Å². The molecule has 0 aliphatic heterocycles. The van der Waals surface area contributed by atoms with Crippen molar-refractivity contribution < 1.29 is 4.57 Å². The molecule has 0 spiro atoms. The van der Waals surface area contributed by atoms with Crippen molar-refractivity contribution in [3.8, 4) is 0 Å². The smallest absolute Gasteiger partial charge is 0.247 e. The van der Waals surface area contributed by atoms with Gasteiger partial charge in [-0.15, -0.1) is 0 Å². The average molecular weight is 185 g/mol. The third kappa shape index (κ3) is 3.57. The van der Waals surface area contributed by atoms with Crippen molar-refractivity contribution in [1.29, 1.82) is 0 Å². The molecule has 0 amide bonds. The predicted octanol–water partition coefficient (Wildman–Crippen LogP) is 1.50. The van der Waals surface area contributed by atoms with E-state index in [1.54, 1.807) is 18.8 Å². The Morgan fingerprint density at radius 2 is 1.70 bits per heavy atom. The molecule has 10 heavy (non-hydrogen) atoms. The van der Waals surface area contributed by atoms with Crippen LogP contribution >= 0.6 is 17.9 Å². The van der Waals surface area contributed by atoms with Crippen LogP contribution in [0, 0.1) is 0 Å². The second-order valence-electron chi connectivity index (χ2n) is 2.68. The van der Waals surface area contributed by atoms with E-state index in [0.717, 1.165) is 0 Å². The molecule has 0 heterocycles. The molecular weight excluding hydrogens is 170 g/mol. The van der Waals surface area contributed by atoms with Gasteiger partial charge in [-0.2, -0.15) is 0 Å². The summed E-state index contributed by atoms with van der Waals surface area (Å²) in [6.45, 7) is -2.59. The van der Waals surface area contributed by atoms with Gasteiger partial charge < -0.3 is 4.90 Å². The van der Waals surface area contributed by atoms with Crippen LogP contribution in [0.1, 0.15) is 0 Å². The van der Waals surface area contributed by atoms with Gasteiger partial charge in [0.1, 0.15) is 0 Å². The summed E-state index contributed by atoms with van der Waals surface area (Å²) >= 11 is 5.71. The van der Waals surface area contributed by atoms with Crippen molar-refractivity contribution in [2.24, 2.45) is 0 Å². The Bertz CT molecular complexity index is 149. The maximum absolute atomic E-state index is 11.4.